The summed E-state index contributed by atoms with van der Waals surface area (Å²) in [5.41, 5.74) is 1.16. The first kappa shape index (κ1) is 17.0. The number of aliphatic hydroxyl groups excluding tert-OH is 1. The first-order chi connectivity index (χ1) is 10.9. The first-order valence-corrected chi connectivity index (χ1v) is 7.33. The standard InChI is InChI=1S/C17H17ClN2O3/c1-20(2)17(23)13-10-12(8-9-14(13)18)19-16(22)15(21)11-6-4-3-5-7-11/h3-10,15,21H,1-2H3,(H,19,22)/t15-/m1/s1. The molecule has 120 valence electrons. The molecule has 0 heterocycles. The van der Waals surface area contributed by atoms with Gasteiger partial charge >= 0.3 is 0 Å². The van der Waals surface area contributed by atoms with Crippen LogP contribution in [0.3, 0.4) is 0 Å². The number of carbonyl (C=O) groups is 2. The zero-order chi connectivity index (χ0) is 17.0. The van der Waals surface area contributed by atoms with Gasteiger partial charge in [-0.3, -0.25) is 9.59 Å². The van der Waals surface area contributed by atoms with Crippen molar-refractivity contribution in [3.63, 3.8) is 0 Å². The molecule has 0 aromatic heterocycles. The highest BCUT2D eigenvalue weighted by Gasteiger charge is 2.19. The van der Waals surface area contributed by atoms with Crippen molar-refractivity contribution >= 4 is 29.1 Å². The molecule has 23 heavy (non-hydrogen) atoms. The molecule has 0 radical (unpaired) electrons. The summed E-state index contributed by atoms with van der Waals surface area (Å²) < 4.78 is 0. The Labute approximate surface area is 139 Å². The van der Waals surface area contributed by atoms with Gasteiger partial charge in [-0.1, -0.05) is 41.9 Å². The summed E-state index contributed by atoms with van der Waals surface area (Å²) >= 11 is 6.02. The summed E-state index contributed by atoms with van der Waals surface area (Å²) in [4.78, 5) is 25.6. The number of anilines is 1. The number of nitrogens with one attached hydrogen (secondary N) is 1. The molecule has 2 aromatic carbocycles. The van der Waals surface area contributed by atoms with Gasteiger partial charge in [0.2, 0.25) is 0 Å². The highest BCUT2D eigenvalue weighted by Crippen LogP contribution is 2.23. The van der Waals surface area contributed by atoms with Crippen LogP contribution in [0.2, 0.25) is 5.02 Å². The molecule has 6 heteroatoms. The van der Waals surface area contributed by atoms with Gasteiger partial charge in [0.1, 0.15) is 0 Å². The Kier molecular flexibility index (Phi) is 5.36. The molecule has 0 bridgehead atoms. The second kappa shape index (κ2) is 7.26. The minimum atomic E-state index is -1.29. The summed E-state index contributed by atoms with van der Waals surface area (Å²) in [6.45, 7) is 0. The Morgan fingerprint density at radius 3 is 2.39 bits per heavy atom. The maximum Gasteiger partial charge on any atom is 0.257 e. The van der Waals surface area contributed by atoms with E-state index in [-0.39, 0.29) is 11.5 Å². The molecule has 2 amide bonds. The van der Waals surface area contributed by atoms with E-state index in [1.807, 2.05) is 0 Å². The quantitative estimate of drug-likeness (QED) is 0.904. The van der Waals surface area contributed by atoms with Gasteiger partial charge < -0.3 is 15.3 Å². The Hall–Kier alpha value is -2.37. The fourth-order valence-corrected chi connectivity index (χ4v) is 2.20. The van der Waals surface area contributed by atoms with Crippen LogP contribution in [-0.4, -0.2) is 35.9 Å². The van der Waals surface area contributed by atoms with Crippen molar-refractivity contribution in [2.24, 2.45) is 0 Å². The van der Waals surface area contributed by atoms with E-state index in [0.29, 0.717) is 16.3 Å². The summed E-state index contributed by atoms with van der Waals surface area (Å²) in [6.07, 6.45) is -1.29. The number of hydrogen-bond donors (Lipinski definition) is 2. The molecule has 0 aliphatic rings. The number of halogens is 1. The van der Waals surface area contributed by atoms with Crippen molar-refractivity contribution in [2.75, 3.05) is 19.4 Å². The van der Waals surface area contributed by atoms with Gasteiger partial charge in [-0.25, -0.2) is 0 Å². The number of hydrogen-bond acceptors (Lipinski definition) is 3. The zero-order valence-electron chi connectivity index (χ0n) is 12.8. The lowest BCUT2D eigenvalue weighted by molar-refractivity contribution is -0.124. The van der Waals surface area contributed by atoms with Crippen LogP contribution in [0, 0.1) is 0 Å². The molecule has 5 nitrogen and oxygen atoms in total. The van der Waals surface area contributed by atoms with Gasteiger partial charge in [0.25, 0.3) is 11.8 Å². The molecule has 0 fully saturated rings. The lowest BCUT2D eigenvalue weighted by Gasteiger charge is -2.15. The van der Waals surface area contributed by atoms with Crippen molar-refractivity contribution in [2.45, 2.75) is 6.10 Å². The summed E-state index contributed by atoms with van der Waals surface area (Å²) in [7, 11) is 3.23. The van der Waals surface area contributed by atoms with Crippen LogP contribution in [0.15, 0.2) is 48.5 Å². The summed E-state index contributed by atoms with van der Waals surface area (Å²) in [6, 6.07) is 13.2. The van der Waals surface area contributed by atoms with Gasteiger partial charge in [0.05, 0.1) is 10.6 Å². The molecule has 2 N–H and O–H groups in total. The maximum atomic E-state index is 12.1. The second-order valence-electron chi connectivity index (χ2n) is 5.20. The molecule has 0 saturated carbocycles. The van der Waals surface area contributed by atoms with E-state index in [1.54, 1.807) is 50.5 Å². The summed E-state index contributed by atoms with van der Waals surface area (Å²) in [5.74, 6) is -0.850. The molecule has 0 aliphatic carbocycles. The van der Waals surface area contributed by atoms with Crippen molar-refractivity contribution in [3.05, 3.63) is 64.7 Å². The predicted molar refractivity (Wildman–Crippen MR) is 89.5 cm³/mol. The van der Waals surface area contributed by atoms with Crippen LogP contribution in [0.1, 0.15) is 22.0 Å². The number of aliphatic hydroxyl groups is 1. The van der Waals surface area contributed by atoms with Gasteiger partial charge in [-0.05, 0) is 23.8 Å². The summed E-state index contributed by atoms with van der Waals surface area (Å²) in [5, 5.41) is 12.9. The first-order valence-electron chi connectivity index (χ1n) is 6.95. The molecule has 0 unspecified atom stereocenters. The molecule has 2 rings (SSSR count). The minimum absolute atomic E-state index is 0.269. The molecule has 2 aromatic rings. The fraction of sp³-hybridized carbons (Fsp3) is 0.176. The third-order valence-corrected chi connectivity index (χ3v) is 3.56. The van der Waals surface area contributed by atoms with Crippen LogP contribution in [0.25, 0.3) is 0 Å². The third-order valence-electron chi connectivity index (χ3n) is 3.23. The average molecular weight is 333 g/mol. The van der Waals surface area contributed by atoms with Gasteiger partial charge in [-0.2, -0.15) is 0 Å². The SMILES string of the molecule is CN(C)C(=O)c1cc(NC(=O)[C@H](O)c2ccccc2)ccc1Cl. The molecule has 1 atom stereocenters. The van der Waals surface area contributed by atoms with Crippen molar-refractivity contribution in [1.29, 1.82) is 0 Å². The molecule has 0 aliphatic heterocycles. The normalized spacial score (nSPS) is 11.7. The van der Waals surface area contributed by atoms with Crippen molar-refractivity contribution < 1.29 is 14.7 Å². The molecular weight excluding hydrogens is 316 g/mol. The van der Waals surface area contributed by atoms with Crippen LogP contribution in [0.5, 0.6) is 0 Å². The monoisotopic (exact) mass is 332 g/mol. The number of amides is 2. The van der Waals surface area contributed by atoms with Crippen molar-refractivity contribution in [1.82, 2.24) is 4.90 Å². The van der Waals surface area contributed by atoms with Crippen LogP contribution in [0.4, 0.5) is 5.69 Å². The number of rotatable bonds is 4. The minimum Gasteiger partial charge on any atom is -0.378 e. The predicted octanol–water partition coefficient (Wildman–Crippen LogP) is 2.71. The van der Waals surface area contributed by atoms with Crippen LogP contribution < -0.4 is 5.32 Å². The van der Waals surface area contributed by atoms with Crippen molar-refractivity contribution in [3.8, 4) is 0 Å². The van der Waals surface area contributed by atoms with Gasteiger partial charge in [-0.15, -0.1) is 0 Å². The maximum absolute atomic E-state index is 12.1. The topological polar surface area (TPSA) is 69.6 Å². The Morgan fingerprint density at radius 2 is 1.78 bits per heavy atom. The van der Waals surface area contributed by atoms with E-state index in [0.717, 1.165) is 0 Å². The average Bonchev–Trinajstić information content (AvgIpc) is 2.55. The highest BCUT2D eigenvalue weighted by molar-refractivity contribution is 6.34. The van der Waals surface area contributed by atoms with E-state index in [4.69, 9.17) is 11.6 Å². The Morgan fingerprint density at radius 1 is 1.13 bits per heavy atom. The molecular formula is C17H17ClN2O3. The third kappa shape index (κ3) is 4.09. The molecule has 0 saturated heterocycles. The lowest BCUT2D eigenvalue weighted by atomic mass is 10.1. The Bertz CT molecular complexity index is 717. The smallest absolute Gasteiger partial charge is 0.257 e. The largest absolute Gasteiger partial charge is 0.378 e. The number of benzene rings is 2. The number of nitrogens with zero attached hydrogens (tertiary/aromatic N) is 1. The van der Waals surface area contributed by atoms with E-state index in [1.165, 1.54) is 17.0 Å². The number of carbonyl (C=O) groups excluding carboxylic acids is 2. The highest BCUT2D eigenvalue weighted by atomic mass is 35.5. The van der Waals surface area contributed by atoms with E-state index in [9.17, 15) is 14.7 Å². The van der Waals surface area contributed by atoms with E-state index >= 15 is 0 Å². The van der Waals surface area contributed by atoms with Gasteiger partial charge in [0.15, 0.2) is 6.10 Å². The van der Waals surface area contributed by atoms with E-state index < -0.39 is 12.0 Å². The Balaban J connectivity index is 2.18. The fourth-order valence-electron chi connectivity index (χ4n) is 2.01. The van der Waals surface area contributed by atoms with Gasteiger partial charge in [0, 0.05) is 19.8 Å². The van der Waals surface area contributed by atoms with Crippen LogP contribution in [-0.2, 0) is 4.79 Å². The van der Waals surface area contributed by atoms with E-state index in [2.05, 4.69) is 5.32 Å². The lowest BCUT2D eigenvalue weighted by Crippen LogP contribution is -2.23. The van der Waals surface area contributed by atoms with Crippen LogP contribution >= 0.6 is 11.6 Å². The second-order valence-corrected chi connectivity index (χ2v) is 5.60. The zero-order valence-corrected chi connectivity index (χ0v) is 13.5. The molecule has 0 spiro atoms.